The number of benzene rings is 1. The topological polar surface area (TPSA) is 92.7 Å². The molecule has 2 heterocycles. The summed E-state index contributed by atoms with van der Waals surface area (Å²) >= 11 is 0. The fourth-order valence-electron chi connectivity index (χ4n) is 2.19. The van der Waals surface area contributed by atoms with Gasteiger partial charge >= 0.3 is 0 Å². The maximum absolute atomic E-state index is 12.0. The number of amides is 2. The molecule has 0 unspecified atom stereocenters. The smallest absolute Gasteiger partial charge is 0.247 e. The molecule has 21 heavy (non-hydrogen) atoms. The first-order valence-corrected chi connectivity index (χ1v) is 6.41. The largest absolute Gasteiger partial charge is 0.381 e. The first-order valence-electron chi connectivity index (χ1n) is 6.41. The molecule has 3 rings (SSSR count). The fraction of sp³-hybridized carbons (Fsp3) is 0.214. The summed E-state index contributed by atoms with van der Waals surface area (Å²) in [5.74, 6) is 0.684. The zero-order valence-electron chi connectivity index (χ0n) is 11.4. The molecule has 0 atom stereocenters. The van der Waals surface area contributed by atoms with E-state index in [1.54, 1.807) is 37.4 Å². The van der Waals surface area contributed by atoms with Gasteiger partial charge in [0, 0.05) is 24.4 Å². The minimum atomic E-state index is -0.103. The number of carbonyl (C=O) groups excluding carboxylic acids is 2. The highest BCUT2D eigenvalue weighted by molar-refractivity contribution is 6.04. The molecule has 2 amide bonds. The van der Waals surface area contributed by atoms with E-state index in [1.807, 2.05) is 0 Å². The molecular weight excluding hydrogens is 272 g/mol. The third-order valence-electron chi connectivity index (χ3n) is 3.38. The Morgan fingerprint density at radius 1 is 1.14 bits per heavy atom. The van der Waals surface area contributed by atoms with Gasteiger partial charge in [0.05, 0.1) is 6.54 Å². The zero-order chi connectivity index (χ0) is 15.0. The molecule has 7 nitrogen and oxygen atoms in total. The van der Waals surface area contributed by atoms with Crippen molar-refractivity contribution in [1.82, 2.24) is 10.1 Å². The molecule has 2 aromatic rings. The third-order valence-corrected chi connectivity index (χ3v) is 3.38. The van der Waals surface area contributed by atoms with Crippen LogP contribution in [0, 0.1) is 0 Å². The predicted octanol–water partition coefficient (Wildman–Crippen LogP) is 0.729. The van der Waals surface area contributed by atoms with E-state index < -0.39 is 0 Å². The highest BCUT2D eigenvalue weighted by atomic mass is 16.5. The van der Waals surface area contributed by atoms with Crippen LogP contribution in [0.3, 0.4) is 0 Å². The third kappa shape index (κ3) is 2.45. The molecule has 1 fully saturated rings. The van der Waals surface area contributed by atoms with Crippen molar-refractivity contribution < 1.29 is 14.1 Å². The van der Waals surface area contributed by atoms with Gasteiger partial charge in [0.1, 0.15) is 6.54 Å². The van der Waals surface area contributed by atoms with E-state index in [2.05, 4.69) is 5.16 Å². The number of hydrogen-bond donors (Lipinski definition) is 1. The maximum Gasteiger partial charge on any atom is 0.247 e. The summed E-state index contributed by atoms with van der Waals surface area (Å²) in [6.07, 6.45) is 0. The van der Waals surface area contributed by atoms with Crippen LogP contribution in [0.1, 0.15) is 0 Å². The quantitative estimate of drug-likeness (QED) is 0.878. The van der Waals surface area contributed by atoms with Crippen molar-refractivity contribution in [1.29, 1.82) is 0 Å². The first kappa shape index (κ1) is 13.2. The molecule has 1 aromatic carbocycles. The Labute approximate surface area is 120 Å². The van der Waals surface area contributed by atoms with Gasteiger partial charge in [-0.25, -0.2) is 0 Å². The zero-order valence-corrected chi connectivity index (χ0v) is 11.4. The van der Waals surface area contributed by atoms with Crippen LogP contribution in [-0.2, 0) is 9.59 Å². The highest BCUT2D eigenvalue weighted by Gasteiger charge is 2.28. The number of anilines is 2. The minimum Gasteiger partial charge on any atom is -0.381 e. The van der Waals surface area contributed by atoms with Crippen LogP contribution in [0.15, 0.2) is 34.9 Å². The van der Waals surface area contributed by atoms with Gasteiger partial charge in [-0.15, -0.1) is 0 Å². The Morgan fingerprint density at radius 2 is 1.86 bits per heavy atom. The average Bonchev–Trinajstić information content (AvgIpc) is 2.90. The van der Waals surface area contributed by atoms with Gasteiger partial charge < -0.3 is 20.1 Å². The first-order chi connectivity index (χ1) is 10.0. The van der Waals surface area contributed by atoms with Crippen molar-refractivity contribution in [2.24, 2.45) is 0 Å². The molecular formula is C14H14N4O3. The Bertz CT molecular complexity index is 692. The summed E-state index contributed by atoms with van der Waals surface area (Å²) in [6, 6.07) is 8.76. The number of aromatic nitrogens is 1. The van der Waals surface area contributed by atoms with Gasteiger partial charge in [0.2, 0.25) is 11.8 Å². The van der Waals surface area contributed by atoms with Crippen molar-refractivity contribution in [3.8, 4) is 11.3 Å². The van der Waals surface area contributed by atoms with Gasteiger partial charge in [-0.05, 0) is 24.3 Å². The summed E-state index contributed by atoms with van der Waals surface area (Å²) in [6.45, 7) is 0.156. The lowest BCUT2D eigenvalue weighted by Gasteiger charge is -2.31. The van der Waals surface area contributed by atoms with Crippen LogP contribution in [0.2, 0.25) is 0 Å². The molecule has 1 aromatic heterocycles. The van der Waals surface area contributed by atoms with Crippen molar-refractivity contribution in [3.05, 3.63) is 30.3 Å². The number of nitrogen functional groups attached to an aromatic ring is 1. The molecule has 0 radical (unpaired) electrons. The van der Waals surface area contributed by atoms with Crippen molar-refractivity contribution in [2.45, 2.75) is 0 Å². The van der Waals surface area contributed by atoms with E-state index in [0.29, 0.717) is 17.3 Å². The van der Waals surface area contributed by atoms with E-state index in [4.69, 9.17) is 10.3 Å². The molecule has 2 N–H and O–H groups in total. The number of carbonyl (C=O) groups is 2. The lowest BCUT2D eigenvalue weighted by atomic mass is 10.1. The summed E-state index contributed by atoms with van der Waals surface area (Å²) in [5.41, 5.74) is 6.99. The molecule has 108 valence electrons. The van der Waals surface area contributed by atoms with Crippen LogP contribution in [0.4, 0.5) is 11.5 Å². The van der Waals surface area contributed by atoms with E-state index in [1.165, 1.54) is 9.80 Å². The average molecular weight is 286 g/mol. The van der Waals surface area contributed by atoms with Gasteiger partial charge in [-0.1, -0.05) is 5.16 Å². The number of nitrogens with zero attached hydrogens (tertiary/aromatic N) is 3. The second-order valence-electron chi connectivity index (χ2n) is 4.89. The second-order valence-corrected chi connectivity index (χ2v) is 4.89. The number of rotatable bonds is 2. The summed E-state index contributed by atoms with van der Waals surface area (Å²) in [5, 5.41) is 3.62. The monoisotopic (exact) mass is 286 g/mol. The lowest BCUT2D eigenvalue weighted by Crippen LogP contribution is -2.52. The van der Waals surface area contributed by atoms with Crippen LogP contribution < -0.4 is 10.6 Å². The highest BCUT2D eigenvalue weighted by Crippen LogP contribution is 2.25. The van der Waals surface area contributed by atoms with Crippen LogP contribution in [0.5, 0.6) is 0 Å². The second kappa shape index (κ2) is 4.93. The molecule has 1 aliphatic rings. The van der Waals surface area contributed by atoms with E-state index in [0.717, 1.165) is 5.56 Å². The van der Waals surface area contributed by atoms with E-state index in [9.17, 15) is 9.59 Å². The molecule has 0 bridgehead atoms. The van der Waals surface area contributed by atoms with Gasteiger partial charge in [-0.2, -0.15) is 0 Å². The normalized spacial score (nSPS) is 15.7. The predicted molar refractivity (Wildman–Crippen MR) is 76.3 cm³/mol. The summed E-state index contributed by atoms with van der Waals surface area (Å²) in [7, 11) is 1.62. The van der Waals surface area contributed by atoms with Crippen LogP contribution >= 0.6 is 0 Å². The molecule has 1 saturated heterocycles. The lowest BCUT2D eigenvalue weighted by molar-refractivity contribution is -0.136. The molecule has 1 aliphatic heterocycles. The van der Waals surface area contributed by atoms with Gasteiger partial charge in [0.25, 0.3) is 0 Å². The van der Waals surface area contributed by atoms with E-state index in [-0.39, 0.29) is 24.9 Å². The maximum atomic E-state index is 12.0. The van der Waals surface area contributed by atoms with Crippen molar-refractivity contribution in [3.63, 3.8) is 0 Å². The minimum absolute atomic E-state index is 0.0595. The SMILES string of the molecule is CN1CC(=O)N(c2ccc(-c3cc(N)no3)cc2)CC1=O. The van der Waals surface area contributed by atoms with Crippen molar-refractivity contribution >= 4 is 23.3 Å². The van der Waals surface area contributed by atoms with Crippen LogP contribution in [0.25, 0.3) is 11.3 Å². The summed E-state index contributed by atoms with van der Waals surface area (Å²) < 4.78 is 5.07. The fourth-order valence-corrected chi connectivity index (χ4v) is 2.19. The molecule has 7 heteroatoms. The molecule has 0 saturated carbocycles. The number of likely N-dealkylation sites (N-methyl/N-ethyl adjacent to an activating group) is 1. The Kier molecular flexibility index (Phi) is 3.09. The van der Waals surface area contributed by atoms with Crippen molar-refractivity contribution in [2.75, 3.05) is 30.8 Å². The molecule has 0 spiro atoms. The Hall–Kier alpha value is -2.83. The van der Waals surface area contributed by atoms with Gasteiger partial charge in [-0.3, -0.25) is 9.59 Å². The molecule has 0 aliphatic carbocycles. The number of piperazine rings is 1. The van der Waals surface area contributed by atoms with Gasteiger partial charge in [0.15, 0.2) is 11.6 Å². The van der Waals surface area contributed by atoms with Crippen LogP contribution in [-0.4, -0.2) is 42.0 Å². The standard InChI is InChI=1S/C14H14N4O3/c1-17-7-14(20)18(8-13(17)19)10-4-2-9(3-5-10)11-6-12(15)16-21-11/h2-6H,7-8H2,1H3,(H2,15,16). The summed E-state index contributed by atoms with van der Waals surface area (Å²) in [4.78, 5) is 26.6. The number of hydrogen-bond acceptors (Lipinski definition) is 5. The Balaban J connectivity index is 1.84. The number of nitrogens with two attached hydrogens (primary N) is 1. The Morgan fingerprint density at radius 3 is 2.48 bits per heavy atom. The van der Waals surface area contributed by atoms with E-state index >= 15 is 0 Å².